The van der Waals surface area contributed by atoms with Gasteiger partial charge in [0, 0.05) is 27.0 Å². The highest BCUT2D eigenvalue weighted by Gasteiger charge is 2.17. The molecule has 0 N–H and O–H groups in total. The highest BCUT2D eigenvalue weighted by molar-refractivity contribution is 6.34. The Morgan fingerprint density at radius 1 is 0.500 bits per heavy atom. The molecule has 0 unspecified atom stereocenters. The zero-order valence-corrected chi connectivity index (χ0v) is 18.1. The average molecular weight is 430 g/mol. The van der Waals surface area contributed by atoms with Crippen molar-refractivity contribution < 1.29 is 0 Å². The Hall–Kier alpha value is -3.81. The molecule has 6 rings (SSSR count). The van der Waals surface area contributed by atoms with Crippen molar-refractivity contribution in [3.63, 3.8) is 0 Å². The van der Waals surface area contributed by atoms with Gasteiger partial charge in [0.1, 0.15) is 0 Å². The molecule has 0 fully saturated rings. The summed E-state index contributed by atoms with van der Waals surface area (Å²) in [5.74, 6) is 0. The molecule has 0 bridgehead atoms. The lowest BCUT2D eigenvalue weighted by molar-refractivity contribution is 1.18. The molecule has 0 saturated heterocycles. The fourth-order valence-corrected chi connectivity index (χ4v) is 4.93. The second kappa shape index (κ2) is 7.71. The standard InChI is InChI=1S/C30H20ClN/c31-27-20-22(21-10-3-1-4-11-21)18-19-24(27)25-15-9-17-29-30(25)26-14-7-8-16-28(26)32(29)23-12-5-2-6-13-23/h1-20H. The molecule has 0 aliphatic carbocycles. The van der Waals surface area contributed by atoms with Crippen molar-refractivity contribution in [1.29, 1.82) is 0 Å². The fraction of sp³-hybridized carbons (Fsp3) is 0. The summed E-state index contributed by atoms with van der Waals surface area (Å²) in [6, 6.07) is 42.3. The second-order valence-corrected chi connectivity index (χ2v) is 8.36. The molecule has 1 aromatic heterocycles. The van der Waals surface area contributed by atoms with Crippen molar-refractivity contribution >= 4 is 33.4 Å². The van der Waals surface area contributed by atoms with Crippen molar-refractivity contribution in [3.05, 3.63) is 126 Å². The third-order valence-corrected chi connectivity index (χ3v) is 6.39. The smallest absolute Gasteiger partial charge is 0.0547 e. The maximum Gasteiger partial charge on any atom is 0.0547 e. The molecule has 2 heteroatoms. The predicted octanol–water partition coefficient (Wildman–Crippen LogP) is 8.77. The van der Waals surface area contributed by atoms with Crippen molar-refractivity contribution in [2.24, 2.45) is 0 Å². The highest BCUT2D eigenvalue weighted by atomic mass is 35.5. The molecular weight excluding hydrogens is 410 g/mol. The van der Waals surface area contributed by atoms with Crippen LogP contribution in [0.1, 0.15) is 0 Å². The maximum atomic E-state index is 6.88. The van der Waals surface area contributed by atoms with Gasteiger partial charge in [0.15, 0.2) is 0 Å². The van der Waals surface area contributed by atoms with Gasteiger partial charge in [0.05, 0.1) is 11.0 Å². The number of rotatable bonds is 3. The van der Waals surface area contributed by atoms with Gasteiger partial charge in [-0.1, -0.05) is 103 Å². The van der Waals surface area contributed by atoms with Crippen LogP contribution in [0.25, 0.3) is 49.7 Å². The largest absolute Gasteiger partial charge is 0.309 e. The van der Waals surface area contributed by atoms with Crippen LogP contribution >= 0.6 is 11.6 Å². The van der Waals surface area contributed by atoms with E-state index in [1.54, 1.807) is 0 Å². The van der Waals surface area contributed by atoms with Crippen molar-refractivity contribution in [1.82, 2.24) is 4.57 Å². The van der Waals surface area contributed by atoms with Gasteiger partial charge in [0.25, 0.3) is 0 Å². The van der Waals surface area contributed by atoms with Crippen LogP contribution in [0.5, 0.6) is 0 Å². The highest BCUT2D eigenvalue weighted by Crippen LogP contribution is 2.41. The van der Waals surface area contributed by atoms with Gasteiger partial charge >= 0.3 is 0 Å². The first-order valence-corrected chi connectivity index (χ1v) is 11.1. The zero-order valence-electron chi connectivity index (χ0n) is 17.4. The summed E-state index contributed by atoms with van der Waals surface area (Å²) >= 11 is 6.88. The first kappa shape index (κ1) is 18.9. The minimum Gasteiger partial charge on any atom is -0.309 e. The molecule has 0 atom stereocenters. The van der Waals surface area contributed by atoms with Crippen LogP contribution in [-0.2, 0) is 0 Å². The van der Waals surface area contributed by atoms with Gasteiger partial charge in [0.2, 0.25) is 0 Å². The maximum absolute atomic E-state index is 6.88. The molecule has 5 aromatic carbocycles. The monoisotopic (exact) mass is 429 g/mol. The van der Waals surface area contributed by atoms with Gasteiger partial charge in [-0.05, 0) is 47.0 Å². The van der Waals surface area contributed by atoms with Crippen LogP contribution in [0.15, 0.2) is 121 Å². The Morgan fingerprint density at radius 3 is 1.97 bits per heavy atom. The third-order valence-electron chi connectivity index (χ3n) is 6.08. The summed E-state index contributed by atoms with van der Waals surface area (Å²) in [5.41, 5.74) is 8.02. The predicted molar refractivity (Wildman–Crippen MR) is 137 cm³/mol. The van der Waals surface area contributed by atoms with Crippen LogP contribution in [-0.4, -0.2) is 4.57 Å². The molecule has 6 aromatic rings. The second-order valence-electron chi connectivity index (χ2n) is 7.95. The summed E-state index contributed by atoms with van der Waals surface area (Å²) in [7, 11) is 0. The van der Waals surface area contributed by atoms with Gasteiger partial charge in [-0.15, -0.1) is 0 Å². The number of hydrogen-bond donors (Lipinski definition) is 0. The van der Waals surface area contributed by atoms with Crippen LogP contribution in [0.4, 0.5) is 0 Å². The Balaban J connectivity index is 1.62. The summed E-state index contributed by atoms with van der Waals surface area (Å²) in [6.45, 7) is 0. The Kier molecular flexibility index (Phi) is 4.56. The van der Waals surface area contributed by atoms with Gasteiger partial charge in [-0.3, -0.25) is 0 Å². The molecule has 0 amide bonds. The molecule has 0 radical (unpaired) electrons. The van der Waals surface area contributed by atoms with E-state index in [9.17, 15) is 0 Å². The van der Waals surface area contributed by atoms with Gasteiger partial charge in [-0.2, -0.15) is 0 Å². The Labute approximate surface area is 192 Å². The van der Waals surface area contributed by atoms with Crippen molar-refractivity contribution in [3.8, 4) is 27.9 Å². The van der Waals surface area contributed by atoms with E-state index in [0.29, 0.717) is 0 Å². The topological polar surface area (TPSA) is 4.93 Å². The SMILES string of the molecule is Clc1cc(-c2ccccc2)ccc1-c1cccc2c1c1ccccc1n2-c1ccccc1. The summed E-state index contributed by atoms with van der Waals surface area (Å²) < 4.78 is 2.33. The molecule has 1 heterocycles. The molecular formula is C30H20ClN. The lowest BCUT2D eigenvalue weighted by Gasteiger charge is -2.11. The van der Waals surface area contributed by atoms with E-state index in [1.165, 1.54) is 27.4 Å². The minimum absolute atomic E-state index is 0.760. The summed E-state index contributed by atoms with van der Waals surface area (Å²) in [6.07, 6.45) is 0. The van der Waals surface area contributed by atoms with Crippen molar-refractivity contribution in [2.45, 2.75) is 0 Å². The van der Waals surface area contributed by atoms with Crippen LogP contribution in [0.3, 0.4) is 0 Å². The average Bonchev–Trinajstić information content (AvgIpc) is 3.20. The van der Waals surface area contributed by atoms with E-state index in [4.69, 9.17) is 11.6 Å². The number of halogens is 1. The molecule has 0 aliphatic rings. The first-order valence-electron chi connectivity index (χ1n) is 10.7. The quantitative estimate of drug-likeness (QED) is 0.265. The molecule has 0 aliphatic heterocycles. The lowest BCUT2D eigenvalue weighted by atomic mass is 9.97. The minimum atomic E-state index is 0.760. The molecule has 152 valence electrons. The normalized spacial score (nSPS) is 11.3. The molecule has 32 heavy (non-hydrogen) atoms. The van der Waals surface area contributed by atoms with Gasteiger partial charge < -0.3 is 4.57 Å². The van der Waals surface area contributed by atoms with Crippen molar-refractivity contribution in [2.75, 3.05) is 0 Å². The summed E-state index contributed by atoms with van der Waals surface area (Å²) in [4.78, 5) is 0. The molecule has 0 spiro atoms. The van der Waals surface area contributed by atoms with Crippen LogP contribution in [0, 0.1) is 0 Å². The molecule has 0 saturated carbocycles. The third kappa shape index (κ3) is 3.02. The Morgan fingerprint density at radius 2 is 1.19 bits per heavy atom. The summed E-state index contributed by atoms with van der Waals surface area (Å²) in [5, 5.41) is 3.21. The van der Waals surface area contributed by atoms with E-state index >= 15 is 0 Å². The Bertz CT molecular complexity index is 1560. The number of fused-ring (bicyclic) bond motifs is 3. The number of para-hydroxylation sites is 2. The first-order chi connectivity index (χ1) is 15.8. The zero-order chi connectivity index (χ0) is 21.5. The van der Waals surface area contributed by atoms with E-state index in [-0.39, 0.29) is 0 Å². The fourth-order valence-electron chi connectivity index (χ4n) is 4.64. The number of nitrogens with zero attached hydrogens (tertiary/aromatic N) is 1. The van der Waals surface area contributed by atoms with E-state index in [2.05, 4.69) is 120 Å². The van der Waals surface area contributed by atoms with Crippen LogP contribution < -0.4 is 0 Å². The number of benzene rings is 5. The lowest BCUT2D eigenvalue weighted by Crippen LogP contribution is -1.93. The van der Waals surface area contributed by atoms with Gasteiger partial charge in [-0.25, -0.2) is 0 Å². The number of hydrogen-bond acceptors (Lipinski definition) is 0. The molecule has 1 nitrogen and oxygen atoms in total. The van der Waals surface area contributed by atoms with E-state index < -0.39 is 0 Å². The van der Waals surface area contributed by atoms with E-state index in [0.717, 1.165) is 27.4 Å². The number of aromatic nitrogens is 1. The van der Waals surface area contributed by atoms with E-state index in [1.807, 2.05) is 6.07 Å². The van der Waals surface area contributed by atoms with Crippen LogP contribution in [0.2, 0.25) is 5.02 Å².